The summed E-state index contributed by atoms with van der Waals surface area (Å²) in [6, 6.07) is 0.0415. The molecule has 3 unspecified atom stereocenters. The van der Waals surface area contributed by atoms with Crippen molar-refractivity contribution in [2.24, 2.45) is 5.92 Å². The Labute approximate surface area is 233 Å². The Morgan fingerprint density at radius 3 is 2.48 bits per heavy atom. The lowest BCUT2D eigenvalue weighted by Crippen LogP contribution is -2.64. The molecule has 1 aromatic rings. The summed E-state index contributed by atoms with van der Waals surface area (Å²) < 4.78 is 62.2. The van der Waals surface area contributed by atoms with Crippen LogP contribution in [0.25, 0.3) is 0 Å². The summed E-state index contributed by atoms with van der Waals surface area (Å²) in [6.07, 6.45) is -1.85. The van der Waals surface area contributed by atoms with Crippen LogP contribution in [0, 0.1) is 11.7 Å². The summed E-state index contributed by atoms with van der Waals surface area (Å²) in [7, 11) is 0. The Hall–Kier alpha value is -2.65. The molecule has 2 N–H and O–H groups in total. The molecule has 0 saturated carbocycles. The van der Waals surface area contributed by atoms with E-state index in [9.17, 15) is 23.7 Å². The average Bonchev–Trinajstić information content (AvgIpc) is 3.41. The molecule has 4 rings (SSSR count). The number of ketones is 1. The van der Waals surface area contributed by atoms with Crippen LogP contribution in [0.2, 0.25) is 0 Å². The number of alkyl halides is 1. The van der Waals surface area contributed by atoms with Crippen LogP contribution in [0.15, 0.2) is 18.2 Å². The number of hydrogen-bond acceptors (Lipinski definition) is 9. The zero-order valence-corrected chi connectivity index (χ0v) is 23.3. The molecule has 40 heavy (non-hydrogen) atoms. The van der Waals surface area contributed by atoms with Gasteiger partial charge in [0.15, 0.2) is 17.9 Å². The Morgan fingerprint density at radius 1 is 1.18 bits per heavy atom. The van der Waals surface area contributed by atoms with E-state index in [0.717, 1.165) is 11.0 Å². The van der Waals surface area contributed by atoms with E-state index in [0.29, 0.717) is 19.6 Å². The summed E-state index contributed by atoms with van der Waals surface area (Å²) in [6.45, 7) is 6.09. The Kier molecular flexibility index (Phi) is 9.45. The van der Waals surface area contributed by atoms with Crippen molar-refractivity contribution in [2.45, 2.75) is 69.1 Å². The molecule has 0 aromatic heterocycles. The topological polar surface area (TPSA) is 146 Å². The lowest BCUT2D eigenvalue weighted by molar-refractivity contribution is -0.151. The van der Waals surface area contributed by atoms with E-state index >= 15 is 8.78 Å². The molecule has 0 spiro atoms. The van der Waals surface area contributed by atoms with Gasteiger partial charge in [-0.3, -0.25) is 24.6 Å². The fourth-order valence-electron chi connectivity index (χ4n) is 4.66. The zero-order chi connectivity index (χ0) is 29.2. The molecule has 5 atom stereocenters. The molecule has 14 heteroatoms. The molecule has 220 valence electrons. The molecule has 4 amide bonds. The number of hydrogen-bond donors (Lipinski definition) is 2. The van der Waals surface area contributed by atoms with E-state index < -0.39 is 69.7 Å². The van der Waals surface area contributed by atoms with Gasteiger partial charge in [0.05, 0.1) is 13.2 Å². The highest BCUT2D eigenvalue weighted by Crippen LogP contribution is 2.32. The number of nitrogens with zero attached hydrogens (tertiary/aromatic N) is 1. The van der Waals surface area contributed by atoms with Gasteiger partial charge in [-0.2, -0.15) is 0 Å². The number of imide groups is 2. The minimum Gasteiger partial charge on any atom is -0.598 e. The number of amides is 4. The molecule has 3 aliphatic rings. The van der Waals surface area contributed by atoms with E-state index in [1.165, 1.54) is 12.1 Å². The van der Waals surface area contributed by atoms with E-state index in [4.69, 9.17) is 14.2 Å². The molecular weight excluding hydrogens is 552 g/mol. The highest BCUT2D eigenvalue weighted by molar-refractivity contribution is 7.90. The van der Waals surface area contributed by atoms with Gasteiger partial charge < -0.3 is 18.8 Å². The number of barbiturate groups is 1. The van der Waals surface area contributed by atoms with Crippen molar-refractivity contribution >= 4 is 35.0 Å². The number of halogens is 2. The van der Waals surface area contributed by atoms with Crippen molar-refractivity contribution in [3.8, 4) is 5.75 Å². The summed E-state index contributed by atoms with van der Waals surface area (Å²) in [5.41, 5.74) is -0.379. The van der Waals surface area contributed by atoms with Crippen molar-refractivity contribution < 1.29 is 46.7 Å². The van der Waals surface area contributed by atoms with Gasteiger partial charge in [0.2, 0.25) is 5.91 Å². The SMILES string of the molecule is CC(C)(C)[S+]([O-])N[C@@H](c1cc(OC2CCOC2)ccc1F)[C@@H](F)C(=O)C1C(=O)NC(=O)N(C2CCOCC2)C1=O. The summed E-state index contributed by atoms with van der Waals surface area (Å²) in [5, 5.41) is 1.96. The first-order chi connectivity index (χ1) is 18.9. The molecule has 0 aliphatic carbocycles. The van der Waals surface area contributed by atoms with Gasteiger partial charge in [0, 0.05) is 42.6 Å². The standard InChI is InChI=1S/C26H33F2N3O8S/c1-26(2,3)40(36)30-21(17-12-15(4-5-18(17)27)39-16-8-11-38-13-16)20(28)22(32)19-23(33)29-25(35)31(24(19)34)14-6-9-37-10-7-14/h4-5,12,14,16,19-21,30H,6-11,13H2,1-3H3,(H,29,33,35)/t16?,19?,20-,21+,40?/m1/s1. The number of Topliss-reactive ketones (excluding diaryl/α,β-unsaturated/α-hetero) is 1. The van der Waals surface area contributed by atoms with Crippen molar-refractivity contribution in [1.29, 1.82) is 0 Å². The third-order valence-electron chi connectivity index (χ3n) is 6.88. The van der Waals surface area contributed by atoms with Crippen LogP contribution in [0.1, 0.15) is 51.6 Å². The number of carbonyl (C=O) groups is 4. The van der Waals surface area contributed by atoms with Gasteiger partial charge in [-0.1, -0.05) is 0 Å². The maximum atomic E-state index is 16.2. The fourth-order valence-corrected chi connectivity index (χ4v) is 5.49. The van der Waals surface area contributed by atoms with E-state index in [1.54, 1.807) is 20.8 Å². The van der Waals surface area contributed by atoms with E-state index in [-0.39, 0.29) is 43.5 Å². The largest absolute Gasteiger partial charge is 0.598 e. The number of rotatable bonds is 9. The molecule has 0 bridgehead atoms. The molecule has 1 aromatic carbocycles. The lowest BCUT2D eigenvalue weighted by atomic mass is 9.89. The molecule has 3 heterocycles. The van der Waals surface area contributed by atoms with Gasteiger partial charge in [-0.05, 0) is 51.8 Å². The van der Waals surface area contributed by atoms with Gasteiger partial charge in [0.1, 0.15) is 28.5 Å². The minimum atomic E-state index is -2.70. The fraction of sp³-hybridized carbons (Fsp3) is 0.615. The predicted octanol–water partition coefficient (Wildman–Crippen LogP) is 1.87. The Balaban J connectivity index is 1.65. The average molecular weight is 586 g/mol. The Bertz CT molecular complexity index is 1140. The number of urea groups is 1. The molecule has 3 fully saturated rings. The highest BCUT2D eigenvalue weighted by atomic mass is 32.2. The first-order valence-electron chi connectivity index (χ1n) is 13.0. The van der Waals surface area contributed by atoms with Crippen LogP contribution in [0.4, 0.5) is 13.6 Å². The van der Waals surface area contributed by atoms with Crippen LogP contribution in [0.3, 0.4) is 0 Å². The number of ether oxygens (including phenoxy) is 3. The molecule has 3 aliphatic heterocycles. The van der Waals surface area contributed by atoms with Crippen molar-refractivity contribution in [3.05, 3.63) is 29.6 Å². The van der Waals surface area contributed by atoms with Crippen LogP contribution in [0.5, 0.6) is 5.75 Å². The van der Waals surface area contributed by atoms with E-state index in [1.807, 2.05) is 5.32 Å². The highest BCUT2D eigenvalue weighted by Gasteiger charge is 2.51. The summed E-state index contributed by atoms with van der Waals surface area (Å²) >= 11 is -2.00. The van der Waals surface area contributed by atoms with Crippen molar-refractivity contribution in [3.63, 3.8) is 0 Å². The van der Waals surface area contributed by atoms with Crippen LogP contribution in [-0.4, -0.2) is 82.6 Å². The third kappa shape index (κ3) is 6.62. The van der Waals surface area contributed by atoms with Crippen molar-refractivity contribution in [2.75, 3.05) is 26.4 Å². The smallest absolute Gasteiger partial charge is 0.331 e. The summed E-state index contributed by atoms with van der Waals surface area (Å²) in [4.78, 5) is 52.6. The molecule has 3 saturated heterocycles. The minimum absolute atomic E-state index is 0.169. The van der Waals surface area contributed by atoms with Crippen LogP contribution >= 0.6 is 0 Å². The molecule has 0 radical (unpaired) electrons. The van der Waals surface area contributed by atoms with E-state index in [2.05, 4.69) is 4.72 Å². The van der Waals surface area contributed by atoms with Gasteiger partial charge in [-0.25, -0.2) is 13.6 Å². The molecule has 11 nitrogen and oxygen atoms in total. The maximum Gasteiger partial charge on any atom is 0.331 e. The van der Waals surface area contributed by atoms with Gasteiger partial charge in [-0.15, -0.1) is 4.72 Å². The summed E-state index contributed by atoms with van der Waals surface area (Å²) in [5.74, 6) is -6.88. The lowest BCUT2D eigenvalue weighted by Gasteiger charge is -2.37. The van der Waals surface area contributed by atoms with Crippen LogP contribution < -0.4 is 14.8 Å². The second kappa shape index (κ2) is 12.5. The second-order valence-corrected chi connectivity index (χ2v) is 12.8. The number of nitrogens with one attached hydrogen (secondary N) is 2. The predicted molar refractivity (Wildman–Crippen MR) is 138 cm³/mol. The number of benzene rings is 1. The first-order valence-corrected chi connectivity index (χ1v) is 14.2. The molecular formula is C26H33F2N3O8S. The van der Waals surface area contributed by atoms with Gasteiger partial charge in [0.25, 0.3) is 5.91 Å². The van der Waals surface area contributed by atoms with Gasteiger partial charge >= 0.3 is 6.03 Å². The quantitative estimate of drug-likeness (QED) is 0.328. The Morgan fingerprint density at radius 2 is 1.85 bits per heavy atom. The normalized spacial score (nSPS) is 24.9. The third-order valence-corrected chi connectivity index (χ3v) is 8.46. The first kappa shape index (κ1) is 30.3. The monoisotopic (exact) mass is 585 g/mol. The zero-order valence-electron chi connectivity index (χ0n) is 22.4. The second-order valence-electron chi connectivity index (χ2n) is 10.8. The van der Waals surface area contributed by atoms with Crippen molar-refractivity contribution in [1.82, 2.24) is 14.9 Å². The van der Waals surface area contributed by atoms with Crippen LogP contribution in [-0.2, 0) is 35.2 Å². The maximum absolute atomic E-state index is 16.2. The number of carbonyl (C=O) groups excluding carboxylic acids is 4.